The maximum atomic E-state index is 14.5. The van der Waals surface area contributed by atoms with Crippen LogP contribution in [0.2, 0.25) is 0 Å². The Kier molecular flexibility index (Phi) is 4.87. The molecule has 1 heterocycles. The normalized spacial score (nSPS) is 17.4. The Morgan fingerprint density at radius 2 is 2.05 bits per heavy atom. The van der Waals surface area contributed by atoms with Gasteiger partial charge in [-0.25, -0.2) is 9.37 Å². The third-order valence-electron chi connectivity index (χ3n) is 4.57. The molecule has 1 saturated carbocycles. The summed E-state index contributed by atoms with van der Waals surface area (Å²) in [5, 5.41) is 6.55. The fourth-order valence-corrected chi connectivity index (χ4v) is 2.71. The van der Waals surface area contributed by atoms with Crippen molar-refractivity contribution in [2.75, 3.05) is 11.9 Å². The number of hydrogen-bond donors (Lipinski definition) is 2. The van der Waals surface area contributed by atoms with Gasteiger partial charge in [0.15, 0.2) is 11.6 Å². The van der Waals surface area contributed by atoms with Crippen molar-refractivity contribution in [2.24, 2.45) is 5.41 Å². The third kappa shape index (κ3) is 4.16. The lowest BCUT2D eigenvalue weighted by molar-refractivity contribution is 0.144. The van der Waals surface area contributed by atoms with Crippen LogP contribution in [0.5, 0.6) is 0 Å². The minimum atomic E-state index is -0.222. The Bertz CT molecular complexity index is 470. The van der Waals surface area contributed by atoms with E-state index in [0.717, 1.165) is 13.0 Å². The number of nitrogens with zero attached hydrogens (tertiary/aromatic N) is 1. The molecule has 4 heteroatoms. The van der Waals surface area contributed by atoms with Crippen LogP contribution in [0.15, 0.2) is 12.3 Å². The first-order valence-electron chi connectivity index (χ1n) is 7.97. The van der Waals surface area contributed by atoms with Crippen LogP contribution >= 0.6 is 0 Å². The van der Waals surface area contributed by atoms with E-state index in [4.69, 9.17) is 0 Å². The van der Waals surface area contributed by atoms with Crippen molar-refractivity contribution in [3.05, 3.63) is 23.6 Å². The smallest absolute Gasteiger partial charge is 0.169 e. The molecule has 3 nitrogen and oxygen atoms in total. The molecule has 2 rings (SSSR count). The van der Waals surface area contributed by atoms with Gasteiger partial charge >= 0.3 is 0 Å². The highest BCUT2D eigenvalue weighted by atomic mass is 19.1. The molecule has 0 unspecified atom stereocenters. The second-order valence-electron chi connectivity index (χ2n) is 7.30. The fourth-order valence-electron chi connectivity index (χ4n) is 2.71. The standard InChI is InChI=1S/C17H28FN3/c1-5-17(8-6-9-17)12-20-15-14(18)13(7-10-19-15)11-21-16(2,3)4/h7,10,21H,5-6,8-9,11-12H2,1-4H3,(H,19,20). The second-order valence-corrected chi connectivity index (χ2v) is 7.30. The van der Waals surface area contributed by atoms with Crippen LogP contribution in [-0.2, 0) is 6.54 Å². The number of aromatic nitrogens is 1. The third-order valence-corrected chi connectivity index (χ3v) is 4.57. The van der Waals surface area contributed by atoms with Gasteiger partial charge in [-0.1, -0.05) is 13.3 Å². The van der Waals surface area contributed by atoms with Crippen LogP contribution < -0.4 is 10.6 Å². The molecule has 2 N–H and O–H groups in total. The SMILES string of the molecule is CCC1(CNc2nccc(CNC(C)(C)C)c2F)CCC1. The van der Waals surface area contributed by atoms with Crippen molar-refractivity contribution in [1.29, 1.82) is 0 Å². The number of halogens is 1. The van der Waals surface area contributed by atoms with E-state index in [1.807, 2.05) is 0 Å². The van der Waals surface area contributed by atoms with Crippen molar-refractivity contribution in [3.8, 4) is 0 Å². The molecule has 0 spiro atoms. The van der Waals surface area contributed by atoms with E-state index in [2.05, 4.69) is 43.3 Å². The summed E-state index contributed by atoms with van der Waals surface area (Å²) in [6.07, 6.45) is 6.60. The number of rotatable bonds is 6. The van der Waals surface area contributed by atoms with Gasteiger partial charge in [0.05, 0.1) is 0 Å². The van der Waals surface area contributed by atoms with Crippen LogP contribution in [0.3, 0.4) is 0 Å². The van der Waals surface area contributed by atoms with Crippen LogP contribution in [-0.4, -0.2) is 17.1 Å². The highest BCUT2D eigenvalue weighted by molar-refractivity contribution is 5.40. The summed E-state index contributed by atoms with van der Waals surface area (Å²) < 4.78 is 14.5. The summed E-state index contributed by atoms with van der Waals surface area (Å²) in [7, 11) is 0. The minimum absolute atomic E-state index is 0.0263. The molecule has 1 aromatic heterocycles. The molecule has 0 radical (unpaired) electrons. The van der Waals surface area contributed by atoms with Crippen LogP contribution in [0.25, 0.3) is 0 Å². The predicted octanol–water partition coefficient (Wildman–Crippen LogP) is 4.10. The average Bonchev–Trinajstić information content (AvgIpc) is 2.37. The lowest BCUT2D eigenvalue weighted by Gasteiger charge is -2.41. The Labute approximate surface area is 127 Å². The van der Waals surface area contributed by atoms with Crippen molar-refractivity contribution in [3.63, 3.8) is 0 Å². The zero-order valence-electron chi connectivity index (χ0n) is 13.7. The molecular formula is C17H28FN3. The summed E-state index contributed by atoms with van der Waals surface area (Å²) in [5.41, 5.74) is 0.997. The minimum Gasteiger partial charge on any atom is -0.367 e. The zero-order valence-corrected chi connectivity index (χ0v) is 13.7. The van der Waals surface area contributed by atoms with E-state index in [9.17, 15) is 4.39 Å². The van der Waals surface area contributed by atoms with Gasteiger partial charge in [-0.05, 0) is 51.5 Å². The maximum Gasteiger partial charge on any atom is 0.169 e. The number of hydrogen-bond acceptors (Lipinski definition) is 3. The highest BCUT2D eigenvalue weighted by Crippen LogP contribution is 2.43. The van der Waals surface area contributed by atoms with Gasteiger partial charge in [-0.2, -0.15) is 0 Å². The molecule has 1 fully saturated rings. The van der Waals surface area contributed by atoms with Gasteiger partial charge in [-0.3, -0.25) is 0 Å². The number of nitrogens with one attached hydrogen (secondary N) is 2. The Balaban J connectivity index is 2.00. The summed E-state index contributed by atoms with van der Waals surface area (Å²) in [4.78, 5) is 4.17. The van der Waals surface area contributed by atoms with Gasteiger partial charge < -0.3 is 10.6 Å². The molecule has 1 aromatic rings. The van der Waals surface area contributed by atoms with Gasteiger partial charge in [0.2, 0.25) is 0 Å². The Hall–Kier alpha value is -1.16. The van der Waals surface area contributed by atoms with Gasteiger partial charge in [-0.15, -0.1) is 0 Å². The first kappa shape index (κ1) is 16.2. The van der Waals surface area contributed by atoms with E-state index in [1.54, 1.807) is 12.3 Å². The van der Waals surface area contributed by atoms with Gasteiger partial charge in [0, 0.05) is 30.4 Å². The lowest BCUT2D eigenvalue weighted by Crippen LogP contribution is -2.36. The quantitative estimate of drug-likeness (QED) is 0.829. The first-order valence-corrected chi connectivity index (χ1v) is 7.97. The van der Waals surface area contributed by atoms with Crippen molar-refractivity contribution in [1.82, 2.24) is 10.3 Å². The molecule has 1 aliphatic carbocycles. The maximum absolute atomic E-state index is 14.5. The van der Waals surface area contributed by atoms with Crippen molar-refractivity contribution >= 4 is 5.82 Å². The molecule has 0 atom stereocenters. The van der Waals surface area contributed by atoms with Crippen LogP contribution in [0.4, 0.5) is 10.2 Å². The number of anilines is 1. The summed E-state index contributed by atoms with van der Waals surface area (Å²) in [6, 6.07) is 1.75. The molecule has 0 saturated heterocycles. The lowest BCUT2D eigenvalue weighted by atomic mass is 9.67. The molecule has 21 heavy (non-hydrogen) atoms. The summed E-state index contributed by atoms with van der Waals surface area (Å²) in [5.74, 6) is 0.169. The highest BCUT2D eigenvalue weighted by Gasteiger charge is 2.35. The van der Waals surface area contributed by atoms with Crippen LogP contribution in [0.1, 0.15) is 58.9 Å². The van der Waals surface area contributed by atoms with Crippen molar-refractivity contribution in [2.45, 2.75) is 65.5 Å². The average molecular weight is 293 g/mol. The monoisotopic (exact) mass is 293 g/mol. The zero-order chi connectivity index (χ0) is 15.5. The van der Waals surface area contributed by atoms with Crippen molar-refractivity contribution < 1.29 is 4.39 Å². The summed E-state index contributed by atoms with van der Waals surface area (Å²) in [6.45, 7) is 9.79. The van der Waals surface area contributed by atoms with E-state index in [-0.39, 0.29) is 11.4 Å². The Morgan fingerprint density at radius 3 is 2.57 bits per heavy atom. The van der Waals surface area contributed by atoms with Gasteiger partial charge in [0.1, 0.15) is 0 Å². The number of pyridine rings is 1. The summed E-state index contributed by atoms with van der Waals surface area (Å²) >= 11 is 0. The largest absolute Gasteiger partial charge is 0.367 e. The molecule has 1 aliphatic rings. The fraction of sp³-hybridized carbons (Fsp3) is 0.706. The van der Waals surface area contributed by atoms with Crippen LogP contribution in [0, 0.1) is 11.2 Å². The van der Waals surface area contributed by atoms with Gasteiger partial charge in [0.25, 0.3) is 0 Å². The van der Waals surface area contributed by atoms with E-state index < -0.39 is 0 Å². The van der Waals surface area contributed by atoms with E-state index in [0.29, 0.717) is 23.3 Å². The molecular weight excluding hydrogens is 265 g/mol. The van der Waals surface area contributed by atoms with E-state index >= 15 is 0 Å². The predicted molar refractivity (Wildman–Crippen MR) is 85.9 cm³/mol. The molecule has 0 aromatic carbocycles. The Morgan fingerprint density at radius 1 is 1.33 bits per heavy atom. The topological polar surface area (TPSA) is 37.0 Å². The molecule has 0 amide bonds. The second kappa shape index (κ2) is 6.30. The first-order chi connectivity index (χ1) is 9.85. The molecule has 0 aliphatic heterocycles. The molecule has 118 valence electrons. The molecule has 0 bridgehead atoms. The van der Waals surface area contributed by atoms with E-state index in [1.165, 1.54) is 19.3 Å².